The number of ether oxygens (including phenoxy) is 2. The Morgan fingerprint density at radius 2 is 2.11 bits per heavy atom. The molecule has 1 aromatic carbocycles. The summed E-state index contributed by atoms with van der Waals surface area (Å²) in [6, 6.07) is 5.98. The Labute approximate surface area is 110 Å². The molecule has 0 radical (unpaired) electrons. The van der Waals surface area contributed by atoms with Crippen LogP contribution in [-0.2, 0) is 6.54 Å². The fraction of sp³-hybridized carbons (Fsp3) is 0.467. The van der Waals surface area contributed by atoms with E-state index in [0.717, 1.165) is 35.6 Å². The van der Waals surface area contributed by atoms with Gasteiger partial charge in [0.15, 0.2) is 11.5 Å². The van der Waals surface area contributed by atoms with E-state index in [1.807, 2.05) is 33.0 Å². The third kappa shape index (κ3) is 4.41. The van der Waals surface area contributed by atoms with Crippen LogP contribution < -0.4 is 14.8 Å². The molecule has 0 fully saturated rings. The van der Waals surface area contributed by atoms with E-state index in [9.17, 15) is 0 Å². The van der Waals surface area contributed by atoms with E-state index >= 15 is 0 Å². The van der Waals surface area contributed by atoms with Crippen LogP contribution >= 0.6 is 0 Å². The van der Waals surface area contributed by atoms with Crippen molar-refractivity contribution in [2.75, 3.05) is 20.3 Å². The lowest BCUT2D eigenvalue weighted by Gasteiger charge is -2.15. The summed E-state index contributed by atoms with van der Waals surface area (Å²) in [5, 5.41) is 3.14. The fourth-order valence-electron chi connectivity index (χ4n) is 1.65. The zero-order valence-electron chi connectivity index (χ0n) is 11.6. The van der Waals surface area contributed by atoms with Gasteiger partial charge in [0.2, 0.25) is 0 Å². The van der Waals surface area contributed by atoms with Crippen molar-refractivity contribution in [1.82, 2.24) is 5.32 Å². The van der Waals surface area contributed by atoms with Crippen LogP contribution in [0.1, 0.15) is 25.8 Å². The van der Waals surface area contributed by atoms with Crippen LogP contribution in [0.3, 0.4) is 0 Å². The van der Waals surface area contributed by atoms with Gasteiger partial charge in [0.1, 0.15) is 0 Å². The lowest BCUT2D eigenvalue weighted by molar-refractivity contribution is 0.276. The molecule has 1 aromatic rings. The van der Waals surface area contributed by atoms with Crippen molar-refractivity contribution < 1.29 is 9.47 Å². The van der Waals surface area contributed by atoms with Crippen molar-refractivity contribution in [2.24, 2.45) is 0 Å². The molecule has 0 saturated carbocycles. The largest absolute Gasteiger partial charge is 0.490 e. The van der Waals surface area contributed by atoms with Gasteiger partial charge in [-0.1, -0.05) is 17.7 Å². The van der Waals surface area contributed by atoms with Crippen molar-refractivity contribution in [3.63, 3.8) is 0 Å². The lowest BCUT2D eigenvalue weighted by Crippen LogP contribution is -2.09. The van der Waals surface area contributed by atoms with Gasteiger partial charge in [-0.3, -0.25) is 0 Å². The van der Waals surface area contributed by atoms with Crippen molar-refractivity contribution >= 4 is 0 Å². The van der Waals surface area contributed by atoms with Gasteiger partial charge in [0.25, 0.3) is 0 Å². The van der Waals surface area contributed by atoms with Gasteiger partial charge in [-0.25, -0.2) is 0 Å². The van der Waals surface area contributed by atoms with Crippen molar-refractivity contribution in [1.29, 1.82) is 0 Å². The van der Waals surface area contributed by atoms with Crippen LogP contribution in [0.25, 0.3) is 0 Å². The first-order valence-electron chi connectivity index (χ1n) is 6.35. The Kier molecular flexibility index (Phi) is 6.29. The Balaban J connectivity index is 2.83. The van der Waals surface area contributed by atoms with E-state index in [-0.39, 0.29) is 0 Å². The first kappa shape index (κ1) is 14.6. The number of hydrogen-bond donors (Lipinski definition) is 1. The molecule has 0 aliphatic rings. The average molecular weight is 249 g/mol. The Hall–Kier alpha value is -1.48. The third-order valence-electron chi connectivity index (χ3n) is 2.50. The second-order valence-electron chi connectivity index (χ2n) is 4.26. The summed E-state index contributed by atoms with van der Waals surface area (Å²) in [5.74, 6) is 1.65. The van der Waals surface area contributed by atoms with E-state index in [1.54, 1.807) is 0 Å². The summed E-state index contributed by atoms with van der Waals surface area (Å²) in [6.07, 6.45) is 0.861. The molecule has 0 aliphatic carbocycles. The summed E-state index contributed by atoms with van der Waals surface area (Å²) in [6.45, 7) is 9.90. The molecule has 0 saturated heterocycles. The molecule has 0 aliphatic heterocycles. The van der Waals surface area contributed by atoms with Crippen molar-refractivity contribution in [2.45, 2.75) is 26.8 Å². The maximum Gasteiger partial charge on any atom is 0.165 e. The highest BCUT2D eigenvalue weighted by Crippen LogP contribution is 2.31. The minimum Gasteiger partial charge on any atom is -0.490 e. The molecule has 1 rings (SSSR count). The van der Waals surface area contributed by atoms with Crippen LogP contribution in [0.4, 0.5) is 0 Å². The zero-order chi connectivity index (χ0) is 13.4. The summed E-state index contributed by atoms with van der Waals surface area (Å²) >= 11 is 0. The van der Waals surface area contributed by atoms with Gasteiger partial charge in [0, 0.05) is 18.5 Å². The quantitative estimate of drug-likeness (QED) is 0.718. The van der Waals surface area contributed by atoms with Crippen LogP contribution in [0.5, 0.6) is 11.5 Å². The fourth-order valence-corrected chi connectivity index (χ4v) is 1.65. The minimum atomic E-state index is 0.635. The molecular weight excluding hydrogens is 226 g/mol. The van der Waals surface area contributed by atoms with Crippen LogP contribution in [0.2, 0.25) is 0 Å². The van der Waals surface area contributed by atoms with Gasteiger partial charge in [0.05, 0.1) is 13.2 Å². The summed E-state index contributed by atoms with van der Waals surface area (Å²) < 4.78 is 11.5. The minimum absolute atomic E-state index is 0.635. The second-order valence-corrected chi connectivity index (χ2v) is 4.26. The molecule has 0 atom stereocenters. The van der Waals surface area contributed by atoms with Crippen LogP contribution in [0.15, 0.2) is 30.4 Å². The molecule has 0 unspecified atom stereocenters. The van der Waals surface area contributed by atoms with Crippen LogP contribution in [0, 0.1) is 0 Å². The highest BCUT2D eigenvalue weighted by atomic mass is 16.5. The molecule has 0 aromatic heterocycles. The number of benzene rings is 1. The highest BCUT2D eigenvalue weighted by molar-refractivity contribution is 5.46. The van der Waals surface area contributed by atoms with Gasteiger partial charge in [-0.05, 0) is 27.0 Å². The molecule has 0 bridgehead atoms. The maximum absolute atomic E-state index is 5.86. The molecule has 0 spiro atoms. The molecule has 1 N–H and O–H groups in total. The molecule has 100 valence electrons. The predicted octanol–water partition coefficient (Wildman–Crippen LogP) is 3.15. The first-order chi connectivity index (χ1) is 8.69. The van der Waals surface area contributed by atoms with E-state index in [2.05, 4.69) is 18.0 Å². The summed E-state index contributed by atoms with van der Waals surface area (Å²) in [7, 11) is 1.92. The summed E-state index contributed by atoms with van der Waals surface area (Å²) in [5.41, 5.74) is 2.24. The molecule has 0 amide bonds. The Bertz CT molecular complexity index is 364. The van der Waals surface area contributed by atoms with E-state index in [0.29, 0.717) is 13.2 Å². The molecule has 0 heterocycles. The molecule has 18 heavy (non-hydrogen) atoms. The van der Waals surface area contributed by atoms with Crippen molar-refractivity contribution in [3.8, 4) is 11.5 Å². The zero-order valence-corrected chi connectivity index (χ0v) is 11.6. The smallest absolute Gasteiger partial charge is 0.165 e. The third-order valence-corrected chi connectivity index (χ3v) is 2.50. The maximum atomic E-state index is 5.86. The first-order valence-corrected chi connectivity index (χ1v) is 6.35. The number of hydrogen-bond acceptors (Lipinski definition) is 3. The predicted molar refractivity (Wildman–Crippen MR) is 75.3 cm³/mol. The SMILES string of the molecule is C=C(C)CCOc1c(CNC)cccc1OCC. The van der Waals surface area contributed by atoms with Gasteiger partial charge >= 0.3 is 0 Å². The second kappa shape index (κ2) is 7.77. The Morgan fingerprint density at radius 1 is 1.33 bits per heavy atom. The topological polar surface area (TPSA) is 30.5 Å². The number of nitrogens with one attached hydrogen (secondary N) is 1. The molecule has 3 nitrogen and oxygen atoms in total. The standard InChI is InChI=1S/C15H23NO2/c1-5-17-14-8-6-7-13(11-16-4)15(14)18-10-9-12(2)3/h6-8,16H,2,5,9-11H2,1,3-4H3. The molecule has 3 heteroatoms. The Morgan fingerprint density at radius 3 is 2.72 bits per heavy atom. The highest BCUT2D eigenvalue weighted by Gasteiger charge is 2.10. The monoisotopic (exact) mass is 249 g/mol. The number of para-hydroxylation sites is 1. The van der Waals surface area contributed by atoms with Crippen LogP contribution in [-0.4, -0.2) is 20.3 Å². The lowest BCUT2D eigenvalue weighted by atomic mass is 10.2. The van der Waals surface area contributed by atoms with E-state index in [1.165, 1.54) is 0 Å². The van der Waals surface area contributed by atoms with Crippen molar-refractivity contribution in [3.05, 3.63) is 35.9 Å². The van der Waals surface area contributed by atoms with E-state index < -0.39 is 0 Å². The average Bonchev–Trinajstić information content (AvgIpc) is 2.32. The normalized spacial score (nSPS) is 10.2. The van der Waals surface area contributed by atoms with Gasteiger partial charge < -0.3 is 14.8 Å². The van der Waals surface area contributed by atoms with Gasteiger partial charge in [-0.15, -0.1) is 6.58 Å². The van der Waals surface area contributed by atoms with E-state index in [4.69, 9.17) is 9.47 Å². The summed E-state index contributed by atoms with van der Waals surface area (Å²) in [4.78, 5) is 0. The van der Waals surface area contributed by atoms with Gasteiger partial charge in [-0.2, -0.15) is 0 Å². The number of rotatable bonds is 8. The molecular formula is C15H23NO2.